The van der Waals surface area contributed by atoms with Gasteiger partial charge in [0.05, 0.1) is 6.10 Å². The van der Waals surface area contributed by atoms with Crippen LogP contribution in [-0.4, -0.2) is 17.8 Å². The lowest BCUT2D eigenvalue weighted by Crippen LogP contribution is -2.37. The third kappa shape index (κ3) is 2.71. The molecule has 3 N–H and O–H groups in total. The Hall–Kier alpha value is -0.0800. The standard InChI is InChI=1S/C12H25NO/c1-10(2)5-3-7-12(9-13)8-4-6-11(12)14/h10-11,14H,3-9,13H2,1-2H3. The van der Waals surface area contributed by atoms with Crippen LogP contribution in [0.25, 0.3) is 0 Å². The quantitative estimate of drug-likeness (QED) is 0.713. The number of rotatable bonds is 5. The highest BCUT2D eigenvalue weighted by atomic mass is 16.3. The van der Waals surface area contributed by atoms with E-state index in [2.05, 4.69) is 13.8 Å². The maximum Gasteiger partial charge on any atom is 0.0608 e. The monoisotopic (exact) mass is 199 g/mol. The van der Waals surface area contributed by atoms with Crippen molar-refractivity contribution in [2.75, 3.05) is 6.54 Å². The van der Waals surface area contributed by atoms with E-state index in [0.29, 0.717) is 6.54 Å². The maximum atomic E-state index is 9.92. The summed E-state index contributed by atoms with van der Waals surface area (Å²) in [5.41, 5.74) is 5.88. The topological polar surface area (TPSA) is 46.2 Å². The maximum absolute atomic E-state index is 9.92. The molecule has 1 fully saturated rings. The molecule has 0 aromatic heterocycles. The van der Waals surface area contributed by atoms with Gasteiger partial charge in [0, 0.05) is 12.0 Å². The van der Waals surface area contributed by atoms with E-state index >= 15 is 0 Å². The molecule has 0 saturated heterocycles. The van der Waals surface area contributed by atoms with E-state index in [1.807, 2.05) is 0 Å². The average Bonchev–Trinajstić information content (AvgIpc) is 2.48. The summed E-state index contributed by atoms with van der Waals surface area (Å²) in [5.74, 6) is 0.767. The number of aliphatic hydroxyl groups is 1. The smallest absolute Gasteiger partial charge is 0.0608 e. The molecule has 2 unspecified atom stereocenters. The second-order valence-electron chi connectivity index (χ2n) is 5.26. The summed E-state index contributed by atoms with van der Waals surface area (Å²) in [4.78, 5) is 0. The van der Waals surface area contributed by atoms with Crippen molar-refractivity contribution < 1.29 is 5.11 Å². The largest absolute Gasteiger partial charge is 0.393 e. The average molecular weight is 199 g/mol. The molecule has 2 heteroatoms. The molecule has 1 aliphatic carbocycles. The van der Waals surface area contributed by atoms with E-state index in [4.69, 9.17) is 5.73 Å². The van der Waals surface area contributed by atoms with Crippen molar-refractivity contribution in [2.24, 2.45) is 17.1 Å². The Bertz CT molecular complexity index is 170. The number of aliphatic hydroxyl groups excluding tert-OH is 1. The SMILES string of the molecule is CC(C)CCCC1(CN)CCCC1O. The number of hydrogen-bond donors (Lipinski definition) is 2. The highest BCUT2D eigenvalue weighted by molar-refractivity contribution is 4.92. The van der Waals surface area contributed by atoms with Crippen molar-refractivity contribution in [3.05, 3.63) is 0 Å². The van der Waals surface area contributed by atoms with Crippen LogP contribution >= 0.6 is 0 Å². The van der Waals surface area contributed by atoms with Crippen LogP contribution in [0.5, 0.6) is 0 Å². The van der Waals surface area contributed by atoms with Crippen LogP contribution in [0.4, 0.5) is 0 Å². The van der Waals surface area contributed by atoms with Crippen LogP contribution in [0.1, 0.15) is 52.4 Å². The Kier molecular flexibility index (Phi) is 4.39. The second-order valence-corrected chi connectivity index (χ2v) is 5.26. The summed E-state index contributed by atoms with van der Waals surface area (Å²) < 4.78 is 0. The molecule has 1 saturated carbocycles. The summed E-state index contributed by atoms with van der Waals surface area (Å²) in [6, 6.07) is 0. The normalized spacial score (nSPS) is 32.8. The van der Waals surface area contributed by atoms with Gasteiger partial charge in [0.25, 0.3) is 0 Å². The first-order valence-electron chi connectivity index (χ1n) is 5.99. The fourth-order valence-electron chi connectivity index (χ4n) is 2.61. The minimum atomic E-state index is -0.139. The molecule has 84 valence electrons. The third-order valence-corrected chi connectivity index (χ3v) is 3.72. The van der Waals surface area contributed by atoms with Gasteiger partial charge in [-0.25, -0.2) is 0 Å². The molecule has 0 aliphatic heterocycles. The van der Waals surface area contributed by atoms with E-state index in [9.17, 15) is 5.11 Å². The molecule has 2 atom stereocenters. The summed E-state index contributed by atoms with van der Waals surface area (Å²) in [5, 5.41) is 9.92. The highest BCUT2D eigenvalue weighted by Crippen LogP contribution is 2.41. The van der Waals surface area contributed by atoms with Gasteiger partial charge in [-0.1, -0.05) is 33.1 Å². The summed E-state index contributed by atoms with van der Waals surface area (Å²) in [7, 11) is 0. The third-order valence-electron chi connectivity index (χ3n) is 3.72. The molecular weight excluding hydrogens is 174 g/mol. The lowest BCUT2D eigenvalue weighted by atomic mass is 9.79. The molecule has 1 rings (SSSR count). The Morgan fingerprint density at radius 2 is 2.21 bits per heavy atom. The molecule has 0 bridgehead atoms. The summed E-state index contributed by atoms with van der Waals surface area (Å²) >= 11 is 0. The Labute approximate surface area is 87.9 Å². The predicted octanol–water partition coefficient (Wildman–Crippen LogP) is 2.30. The molecule has 0 aromatic rings. The second kappa shape index (κ2) is 5.13. The summed E-state index contributed by atoms with van der Waals surface area (Å²) in [6.07, 6.45) is 6.69. The lowest BCUT2D eigenvalue weighted by Gasteiger charge is -2.31. The molecule has 0 aromatic carbocycles. The fourth-order valence-corrected chi connectivity index (χ4v) is 2.61. The van der Waals surface area contributed by atoms with Gasteiger partial charge in [0.2, 0.25) is 0 Å². The van der Waals surface area contributed by atoms with Gasteiger partial charge in [-0.2, -0.15) is 0 Å². The van der Waals surface area contributed by atoms with Gasteiger partial charge < -0.3 is 10.8 Å². The molecular formula is C12H25NO. The van der Waals surface area contributed by atoms with Gasteiger partial charge in [-0.3, -0.25) is 0 Å². The van der Waals surface area contributed by atoms with Gasteiger partial charge in [0.1, 0.15) is 0 Å². The minimum absolute atomic E-state index is 0.0644. The Balaban J connectivity index is 2.37. The van der Waals surface area contributed by atoms with Crippen LogP contribution in [-0.2, 0) is 0 Å². The van der Waals surface area contributed by atoms with E-state index in [1.54, 1.807) is 0 Å². The van der Waals surface area contributed by atoms with Crippen molar-refractivity contribution in [2.45, 2.75) is 58.5 Å². The van der Waals surface area contributed by atoms with Gasteiger partial charge in [0.15, 0.2) is 0 Å². The van der Waals surface area contributed by atoms with Crippen LogP contribution in [0, 0.1) is 11.3 Å². The molecule has 0 heterocycles. The fraction of sp³-hybridized carbons (Fsp3) is 1.00. The van der Waals surface area contributed by atoms with Crippen LogP contribution in [0.2, 0.25) is 0 Å². The zero-order valence-corrected chi connectivity index (χ0v) is 9.63. The van der Waals surface area contributed by atoms with E-state index in [0.717, 1.165) is 31.6 Å². The molecule has 0 spiro atoms. The van der Waals surface area contributed by atoms with Crippen molar-refractivity contribution in [3.8, 4) is 0 Å². The van der Waals surface area contributed by atoms with Crippen molar-refractivity contribution in [1.82, 2.24) is 0 Å². The van der Waals surface area contributed by atoms with Crippen LogP contribution in [0.15, 0.2) is 0 Å². The number of hydrogen-bond acceptors (Lipinski definition) is 2. The Morgan fingerprint density at radius 1 is 1.50 bits per heavy atom. The van der Waals surface area contributed by atoms with E-state index in [-0.39, 0.29) is 11.5 Å². The van der Waals surface area contributed by atoms with Crippen LogP contribution in [0.3, 0.4) is 0 Å². The zero-order chi connectivity index (χ0) is 10.6. The van der Waals surface area contributed by atoms with Gasteiger partial charge in [-0.15, -0.1) is 0 Å². The first-order chi connectivity index (χ1) is 6.60. The Morgan fingerprint density at radius 3 is 2.64 bits per heavy atom. The lowest BCUT2D eigenvalue weighted by molar-refractivity contribution is 0.0495. The molecule has 0 radical (unpaired) electrons. The molecule has 1 aliphatic rings. The van der Waals surface area contributed by atoms with E-state index < -0.39 is 0 Å². The predicted molar refractivity (Wildman–Crippen MR) is 60.0 cm³/mol. The number of nitrogens with two attached hydrogens (primary N) is 1. The minimum Gasteiger partial charge on any atom is -0.393 e. The van der Waals surface area contributed by atoms with Crippen LogP contribution < -0.4 is 5.73 Å². The van der Waals surface area contributed by atoms with Crippen molar-refractivity contribution >= 4 is 0 Å². The summed E-state index contributed by atoms with van der Waals surface area (Å²) in [6.45, 7) is 5.16. The highest BCUT2D eigenvalue weighted by Gasteiger charge is 2.39. The molecule has 0 amide bonds. The van der Waals surface area contributed by atoms with Crippen molar-refractivity contribution in [3.63, 3.8) is 0 Å². The molecule has 2 nitrogen and oxygen atoms in total. The molecule has 14 heavy (non-hydrogen) atoms. The van der Waals surface area contributed by atoms with Gasteiger partial charge in [-0.05, 0) is 25.2 Å². The first-order valence-corrected chi connectivity index (χ1v) is 5.99. The van der Waals surface area contributed by atoms with Gasteiger partial charge >= 0.3 is 0 Å². The van der Waals surface area contributed by atoms with E-state index in [1.165, 1.54) is 12.8 Å². The zero-order valence-electron chi connectivity index (χ0n) is 9.63. The van der Waals surface area contributed by atoms with Crippen molar-refractivity contribution in [1.29, 1.82) is 0 Å². The first kappa shape index (κ1) is 12.0.